The van der Waals surface area contributed by atoms with Crippen molar-refractivity contribution in [3.05, 3.63) is 11.1 Å². The van der Waals surface area contributed by atoms with Crippen molar-refractivity contribution in [3.8, 4) is 0 Å². The SMILES string of the molecule is CC1(C)C[C@@H]1C(=O)Nc1ncc(C2CCNCC2)s1. The number of rotatable bonds is 3. The zero-order valence-electron chi connectivity index (χ0n) is 11.5. The van der Waals surface area contributed by atoms with Crippen LogP contribution < -0.4 is 10.6 Å². The molecule has 1 aliphatic carbocycles. The quantitative estimate of drug-likeness (QED) is 0.894. The van der Waals surface area contributed by atoms with E-state index < -0.39 is 0 Å². The minimum absolute atomic E-state index is 0.135. The number of carbonyl (C=O) groups is 1. The summed E-state index contributed by atoms with van der Waals surface area (Å²) in [6.45, 7) is 6.44. The molecular formula is C14H21N3OS. The number of thiazole rings is 1. The molecule has 5 heteroatoms. The smallest absolute Gasteiger partial charge is 0.229 e. The van der Waals surface area contributed by atoms with Gasteiger partial charge in [0.05, 0.1) is 0 Å². The fourth-order valence-corrected chi connectivity index (χ4v) is 3.73. The minimum atomic E-state index is 0.135. The number of carbonyl (C=O) groups excluding carboxylic acids is 1. The van der Waals surface area contributed by atoms with E-state index in [0.717, 1.165) is 24.6 Å². The van der Waals surface area contributed by atoms with E-state index in [9.17, 15) is 4.79 Å². The Labute approximate surface area is 118 Å². The second-order valence-electron chi connectivity index (χ2n) is 6.33. The third kappa shape index (κ3) is 2.82. The molecule has 2 heterocycles. The maximum atomic E-state index is 12.0. The van der Waals surface area contributed by atoms with E-state index in [4.69, 9.17) is 0 Å². The van der Waals surface area contributed by atoms with Crippen molar-refractivity contribution in [2.24, 2.45) is 11.3 Å². The number of amides is 1. The van der Waals surface area contributed by atoms with Crippen molar-refractivity contribution >= 4 is 22.4 Å². The van der Waals surface area contributed by atoms with Gasteiger partial charge < -0.3 is 10.6 Å². The summed E-state index contributed by atoms with van der Waals surface area (Å²) in [4.78, 5) is 17.7. The maximum absolute atomic E-state index is 12.0. The molecule has 104 valence electrons. The van der Waals surface area contributed by atoms with E-state index in [1.807, 2.05) is 6.20 Å². The third-order valence-corrected chi connectivity index (χ3v) is 5.40. The van der Waals surface area contributed by atoms with Gasteiger partial charge in [-0.2, -0.15) is 0 Å². The number of aromatic nitrogens is 1. The van der Waals surface area contributed by atoms with E-state index in [2.05, 4.69) is 29.5 Å². The Hall–Kier alpha value is -0.940. The predicted octanol–water partition coefficient (Wildman–Crippen LogP) is 2.59. The molecule has 0 aromatic carbocycles. The zero-order valence-corrected chi connectivity index (χ0v) is 12.3. The van der Waals surface area contributed by atoms with E-state index in [0.29, 0.717) is 5.92 Å². The van der Waals surface area contributed by atoms with Crippen LogP contribution in [0, 0.1) is 11.3 Å². The molecule has 1 saturated heterocycles. The van der Waals surface area contributed by atoms with Crippen LogP contribution >= 0.6 is 11.3 Å². The van der Waals surface area contributed by atoms with Crippen molar-refractivity contribution in [2.45, 2.75) is 39.0 Å². The maximum Gasteiger partial charge on any atom is 0.229 e. The van der Waals surface area contributed by atoms with Crippen LogP contribution in [0.4, 0.5) is 5.13 Å². The summed E-state index contributed by atoms with van der Waals surface area (Å²) in [5, 5.41) is 7.11. The summed E-state index contributed by atoms with van der Waals surface area (Å²) in [6, 6.07) is 0. The number of nitrogens with one attached hydrogen (secondary N) is 2. The second kappa shape index (κ2) is 4.87. The lowest BCUT2D eigenvalue weighted by Crippen LogP contribution is -2.26. The molecule has 3 rings (SSSR count). The minimum Gasteiger partial charge on any atom is -0.317 e. The van der Waals surface area contributed by atoms with Gasteiger partial charge in [-0.05, 0) is 43.7 Å². The highest BCUT2D eigenvalue weighted by atomic mass is 32.1. The second-order valence-corrected chi connectivity index (χ2v) is 7.39. The Kier molecular flexibility index (Phi) is 3.35. The summed E-state index contributed by atoms with van der Waals surface area (Å²) in [7, 11) is 0. The normalized spacial score (nSPS) is 26.1. The molecule has 2 N–H and O–H groups in total. The molecule has 2 aliphatic rings. The number of nitrogens with zero attached hydrogens (tertiary/aromatic N) is 1. The molecule has 0 radical (unpaired) electrons. The topological polar surface area (TPSA) is 54.0 Å². The van der Waals surface area contributed by atoms with Gasteiger partial charge in [-0.1, -0.05) is 13.8 Å². The van der Waals surface area contributed by atoms with Crippen LogP contribution in [-0.2, 0) is 4.79 Å². The van der Waals surface area contributed by atoms with Crippen molar-refractivity contribution in [1.82, 2.24) is 10.3 Å². The lowest BCUT2D eigenvalue weighted by atomic mass is 9.97. The Bertz CT molecular complexity index is 477. The Morgan fingerprint density at radius 1 is 1.47 bits per heavy atom. The Balaban J connectivity index is 1.60. The van der Waals surface area contributed by atoms with Gasteiger partial charge in [-0.15, -0.1) is 11.3 Å². The van der Waals surface area contributed by atoms with Crippen LogP contribution in [0.3, 0.4) is 0 Å². The number of hydrogen-bond donors (Lipinski definition) is 2. The molecule has 1 saturated carbocycles. The van der Waals surface area contributed by atoms with Crippen LogP contribution in [0.25, 0.3) is 0 Å². The van der Waals surface area contributed by atoms with E-state index in [1.54, 1.807) is 11.3 Å². The molecule has 2 fully saturated rings. The molecule has 19 heavy (non-hydrogen) atoms. The molecule has 0 spiro atoms. The Morgan fingerprint density at radius 3 is 2.79 bits per heavy atom. The molecular weight excluding hydrogens is 258 g/mol. The number of anilines is 1. The highest BCUT2D eigenvalue weighted by Crippen LogP contribution is 2.52. The van der Waals surface area contributed by atoms with Gasteiger partial charge in [0.25, 0.3) is 0 Å². The van der Waals surface area contributed by atoms with E-state index in [1.165, 1.54) is 17.7 Å². The summed E-state index contributed by atoms with van der Waals surface area (Å²) in [5.74, 6) is 0.914. The highest BCUT2D eigenvalue weighted by Gasteiger charge is 2.50. The van der Waals surface area contributed by atoms with Crippen molar-refractivity contribution in [2.75, 3.05) is 18.4 Å². The van der Waals surface area contributed by atoms with Gasteiger partial charge in [0.2, 0.25) is 5.91 Å². The van der Waals surface area contributed by atoms with E-state index >= 15 is 0 Å². The molecule has 1 amide bonds. The zero-order chi connectivity index (χ0) is 13.5. The van der Waals surface area contributed by atoms with Crippen molar-refractivity contribution in [3.63, 3.8) is 0 Å². The molecule has 1 atom stereocenters. The third-order valence-electron chi connectivity index (χ3n) is 4.33. The van der Waals surface area contributed by atoms with Gasteiger partial charge in [-0.3, -0.25) is 4.79 Å². The largest absolute Gasteiger partial charge is 0.317 e. The van der Waals surface area contributed by atoms with Crippen LogP contribution in [-0.4, -0.2) is 24.0 Å². The van der Waals surface area contributed by atoms with Crippen molar-refractivity contribution < 1.29 is 4.79 Å². The fraction of sp³-hybridized carbons (Fsp3) is 0.714. The highest BCUT2D eigenvalue weighted by molar-refractivity contribution is 7.15. The van der Waals surface area contributed by atoms with Gasteiger partial charge >= 0.3 is 0 Å². The molecule has 4 nitrogen and oxygen atoms in total. The molecule has 1 aromatic rings. The summed E-state index contributed by atoms with van der Waals surface area (Å²) >= 11 is 1.64. The van der Waals surface area contributed by atoms with Crippen molar-refractivity contribution in [1.29, 1.82) is 0 Å². The summed E-state index contributed by atoms with van der Waals surface area (Å²) in [5.41, 5.74) is 0.180. The first-order valence-corrected chi connectivity index (χ1v) is 7.85. The molecule has 0 unspecified atom stereocenters. The van der Waals surface area contributed by atoms with E-state index in [-0.39, 0.29) is 17.2 Å². The standard InChI is InChI=1S/C14H21N3OS/c1-14(2)7-10(14)12(18)17-13-16-8-11(19-13)9-3-5-15-6-4-9/h8-10,15H,3-7H2,1-2H3,(H,16,17,18)/t10-/m1/s1. The first kappa shape index (κ1) is 13.1. The van der Waals surface area contributed by atoms with Gasteiger partial charge in [-0.25, -0.2) is 4.98 Å². The first-order valence-electron chi connectivity index (χ1n) is 7.03. The van der Waals surface area contributed by atoms with Crippen LogP contribution in [0.15, 0.2) is 6.20 Å². The number of piperidine rings is 1. The lowest BCUT2D eigenvalue weighted by Gasteiger charge is -2.20. The summed E-state index contributed by atoms with van der Waals surface area (Å²) < 4.78 is 0. The lowest BCUT2D eigenvalue weighted by molar-refractivity contribution is -0.117. The number of hydrogen-bond acceptors (Lipinski definition) is 4. The van der Waals surface area contributed by atoms with Gasteiger partial charge in [0, 0.05) is 17.0 Å². The predicted molar refractivity (Wildman–Crippen MR) is 77.5 cm³/mol. The molecule has 0 bridgehead atoms. The van der Waals surface area contributed by atoms with Crippen LogP contribution in [0.1, 0.15) is 43.9 Å². The van der Waals surface area contributed by atoms with Crippen LogP contribution in [0.5, 0.6) is 0 Å². The first-order chi connectivity index (χ1) is 9.06. The van der Waals surface area contributed by atoms with Gasteiger partial charge in [0.15, 0.2) is 5.13 Å². The molecule has 1 aromatic heterocycles. The van der Waals surface area contributed by atoms with Crippen LogP contribution in [0.2, 0.25) is 0 Å². The monoisotopic (exact) mass is 279 g/mol. The van der Waals surface area contributed by atoms with Gasteiger partial charge in [0.1, 0.15) is 0 Å². The fourth-order valence-electron chi connectivity index (χ4n) is 2.75. The summed E-state index contributed by atoms with van der Waals surface area (Å²) in [6.07, 6.45) is 5.27. The Morgan fingerprint density at radius 2 is 2.16 bits per heavy atom. The average Bonchev–Trinajstić information content (AvgIpc) is 2.84. The average molecular weight is 279 g/mol. The molecule has 1 aliphatic heterocycles.